The molecule has 0 spiro atoms. The van der Waals surface area contributed by atoms with E-state index in [2.05, 4.69) is 4.98 Å². The van der Waals surface area contributed by atoms with Gasteiger partial charge in [-0.05, 0) is 42.5 Å². The molecule has 0 bridgehead atoms. The number of carbonyl (C=O) groups is 1. The molecule has 0 aliphatic heterocycles. The molecule has 0 N–H and O–H groups in total. The summed E-state index contributed by atoms with van der Waals surface area (Å²) in [5, 5.41) is 0.514. The van der Waals surface area contributed by atoms with Crippen molar-refractivity contribution in [3.63, 3.8) is 0 Å². The van der Waals surface area contributed by atoms with Crippen molar-refractivity contribution < 1.29 is 19.1 Å². The van der Waals surface area contributed by atoms with Crippen molar-refractivity contribution in [3.8, 4) is 22.9 Å². The summed E-state index contributed by atoms with van der Waals surface area (Å²) in [5.41, 5.74) is 0.549. The molecule has 8 heteroatoms. The van der Waals surface area contributed by atoms with Crippen molar-refractivity contribution in [2.24, 2.45) is 0 Å². The Labute approximate surface area is 182 Å². The summed E-state index contributed by atoms with van der Waals surface area (Å²) in [4.78, 5) is 36.0. The fourth-order valence-corrected chi connectivity index (χ4v) is 3.33. The second kappa shape index (κ2) is 8.49. The summed E-state index contributed by atoms with van der Waals surface area (Å²) >= 11 is 6.12. The fraction of sp³-hybridized carbons (Fsp3) is 0.0870. The molecule has 31 heavy (non-hydrogen) atoms. The summed E-state index contributed by atoms with van der Waals surface area (Å²) in [5.74, 6) is 0.289. The SMILES string of the molecule is COc1ccc(-c2nc3ccccc3c(=O)n2OC(=O)c2ccccc2Cl)cc1OC. The molecular formula is C23H17ClN2O5. The van der Waals surface area contributed by atoms with Gasteiger partial charge < -0.3 is 14.3 Å². The van der Waals surface area contributed by atoms with Crippen LogP contribution in [0.15, 0.2) is 71.5 Å². The number of hydrogen-bond acceptors (Lipinski definition) is 6. The molecule has 0 saturated carbocycles. The number of benzene rings is 3. The largest absolute Gasteiger partial charge is 0.493 e. The molecule has 4 rings (SSSR count). The molecule has 0 radical (unpaired) electrons. The van der Waals surface area contributed by atoms with Crippen LogP contribution in [-0.4, -0.2) is 29.9 Å². The summed E-state index contributed by atoms with van der Waals surface area (Å²) in [7, 11) is 3.02. The predicted molar refractivity (Wildman–Crippen MR) is 117 cm³/mol. The average Bonchev–Trinajstić information content (AvgIpc) is 2.80. The molecule has 1 heterocycles. The third kappa shape index (κ3) is 3.83. The van der Waals surface area contributed by atoms with Crippen LogP contribution >= 0.6 is 11.6 Å². The number of methoxy groups -OCH3 is 2. The van der Waals surface area contributed by atoms with Crippen LogP contribution in [0.2, 0.25) is 5.02 Å². The first-order valence-corrected chi connectivity index (χ1v) is 9.62. The number of aromatic nitrogens is 2. The van der Waals surface area contributed by atoms with Crippen molar-refractivity contribution in [3.05, 3.63) is 87.7 Å². The third-order valence-corrected chi connectivity index (χ3v) is 4.98. The maximum Gasteiger partial charge on any atom is 0.365 e. The molecule has 0 aliphatic rings. The van der Waals surface area contributed by atoms with Crippen LogP contribution in [0.3, 0.4) is 0 Å². The van der Waals surface area contributed by atoms with Gasteiger partial charge in [0.25, 0.3) is 5.56 Å². The summed E-state index contributed by atoms with van der Waals surface area (Å²) in [6.07, 6.45) is 0. The van der Waals surface area contributed by atoms with Gasteiger partial charge in [-0.1, -0.05) is 35.9 Å². The Hall–Kier alpha value is -3.84. The summed E-state index contributed by atoms with van der Waals surface area (Å²) in [6, 6.07) is 18.2. The molecule has 0 saturated heterocycles. The maximum absolute atomic E-state index is 13.2. The fourth-order valence-electron chi connectivity index (χ4n) is 3.12. The molecule has 0 unspecified atom stereocenters. The highest BCUT2D eigenvalue weighted by molar-refractivity contribution is 6.33. The topological polar surface area (TPSA) is 79.6 Å². The van der Waals surface area contributed by atoms with Crippen LogP contribution in [0, 0.1) is 0 Å². The Kier molecular flexibility index (Phi) is 5.60. The lowest BCUT2D eigenvalue weighted by atomic mass is 10.1. The smallest absolute Gasteiger partial charge is 0.365 e. The number of nitrogens with zero attached hydrogens (tertiary/aromatic N) is 2. The molecule has 3 aromatic carbocycles. The number of hydrogen-bond donors (Lipinski definition) is 0. The van der Waals surface area contributed by atoms with Gasteiger partial charge in [0.1, 0.15) is 0 Å². The Morgan fingerprint density at radius 3 is 2.39 bits per heavy atom. The van der Waals surface area contributed by atoms with Gasteiger partial charge in [-0.2, -0.15) is 0 Å². The van der Waals surface area contributed by atoms with E-state index < -0.39 is 11.5 Å². The standard InChI is InChI=1S/C23H17ClN2O5/c1-29-19-12-11-14(13-20(19)30-2)21-25-18-10-6-4-8-16(18)22(27)26(21)31-23(28)15-7-3-5-9-17(15)24/h3-13H,1-2H3. The highest BCUT2D eigenvalue weighted by Gasteiger charge is 2.20. The Balaban J connectivity index is 1.91. The molecule has 4 aromatic rings. The lowest BCUT2D eigenvalue weighted by molar-refractivity contribution is 0.0450. The van der Waals surface area contributed by atoms with Crippen LogP contribution in [0.4, 0.5) is 0 Å². The average molecular weight is 437 g/mol. The maximum atomic E-state index is 13.2. The zero-order chi connectivity index (χ0) is 22.0. The normalized spacial score (nSPS) is 10.7. The molecule has 0 fully saturated rings. The first-order valence-electron chi connectivity index (χ1n) is 9.25. The molecule has 0 aliphatic carbocycles. The van der Waals surface area contributed by atoms with Gasteiger partial charge in [-0.3, -0.25) is 4.79 Å². The second-order valence-electron chi connectivity index (χ2n) is 6.48. The van der Waals surface area contributed by atoms with Crippen LogP contribution in [0.25, 0.3) is 22.3 Å². The van der Waals surface area contributed by atoms with Gasteiger partial charge in [0.2, 0.25) is 0 Å². The molecule has 1 aromatic heterocycles. The van der Waals surface area contributed by atoms with Crippen molar-refractivity contribution in [1.29, 1.82) is 0 Å². The summed E-state index contributed by atoms with van der Waals surface area (Å²) in [6.45, 7) is 0. The van der Waals surface area contributed by atoms with Crippen LogP contribution in [-0.2, 0) is 0 Å². The van der Waals surface area contributed by atoms with Gasteiger partial charge in [0, 0.05) is 5.56 Å². The Bertz CT molecular complexity index is 1350. The first kappa shape index (κ1) is 20.4. The third-order valence-electron chi connectivity index (χ3n) is 4.65. The highest BCUT2D eigenvalue weighted by Crippen LogP contribution is 2.31. The van der Waals surface area contributed by atoms with Crippen LogP contribution < -0.4 is 19.9 Å². The number of ether oxygens (including phenoxy) is 2. The van der Waals surface area contributed by atoms with Crippen LogP contribution in [0.1, 0.15) is 10.4 Å². The molecule has 0 amide bonds. The van der Waals surface area contributed by atoms with E-state index >= 15 is 0 Å². The van der Waals surface area contributed by atoms with Gasteiger partial charge >= 0.3 is 5.97 Å². The van der Waals surface area contributed by atoms with E-state index in [0.717, 1.165) is 4.73 Å². The number of rotatable bonds is 5. The van der Waals surface area contributed by atoms with Crippen molar-refractivity contribution in [2.75, 3.05) is 14.2 Å². The van der Waals surface area contributed by atoms with Gasteiger partial charge in [0.05, 0.1) is 35.7 Å². The highest BCUT2D eigenvalue weighted by atomic mass is 35.5. The molecular weight excluding hydrogens is 420 g/mol. The van der Waals surface area contributed by atoms with E-state index in [4.69, 9.17) is 25.9 Å². The minimum Gasteiger partial charge on any atom is -0.493 e. The van der Waals surface area contributed by atoms with E-state index in [-0.39, 0.29) is 16.4 Å². The monoisotopic (exact) mass is 436 g/mol. The zero-order valence-electron chi connectivity index (χ0n) is 16.7. The number of carbonyl (C=O) groups excluding carboxylic acids is 1. The second-order valence-corrected chi connectivity index (χ2v) is 6.89. The van der Waals surface area contributed by atoms with E-state index in [1.165, 1.54) is 20.3 Å². The van der Waals surface area contributed by atoms with Gasteiger partial charge in [-0.15, -0.1) is 4.73 Å². The minimum absolute atomic E-state index is 0.127. The van der Waals surface area contributed by atoms with E-state index in [9.17, 15) is 9.59 Å². The number of para-hydroxylation sites is 1. The van der Waals surface area contributed by atoms with E-state index in [0.29, 0.717) is 28.0 Å². The first-order chi connectivity index (χ1) is 15.0. The molecule has 0 atom stereocenters. The Morgan fingerprint density at radius 2 is 1.65 bits per heavy atom. The number of fused-ring (bicyclic) bond motifs is 1. The predicted octanol–water partition coefficient (Wildman–Crippen LogP) is 4.00. The van der Waals surface area contributed by atoms with Crippen molar-refractivity contribution in [2.45, 2.75) is 0 Å². The minimum atomic E-state index is -0.786. The van der Waals surface area contributed by atoms with Crippen molar-refractivity contribution in [1.82, 2.24) is 9.71 Å². The zero-order valence-corrected chi connectivity index (χ0v) is 17.4. The molecule has 7 nitrogen and oxygen atoms in total. The summed E-state index contributed by atoms with van der Waals surface area (Å²) < 4.78 is 11.5. The molecule has 156 valence electrons. The Morgan fingerprint density at radius 1 is 0.935 bits per heavy atom. The lowest BCUT2D eigenvalue weighted by Gasteiger charge is -2.15. The quantitative estimate of drug-likeness (QED) is 0.470. The van der Waals surface area contributed by atoms with Crippen LogP contribution in [0.5, 0.6) is 11.5 Å². The number of halogens is 1. The lowest BCUT2D eigenvalue weighted by Crippen LogP contribution is -2.33. The van der Waals surface area contributed by atoms with Gasteiger partial charge in [0.15, 0.2) is 17.3 Å². The van der Waals surface area contributed by atoms with Gasteiger partial charge in [-0.25, -0.2) is 9.78 Å². The van der Waals surface area contributed by atoms with E-state index in [1.54, 1.807) is 60.7 Å². The van der Waals surface area contributed by atoms with Crippen molar-refractivity contribution >= 4 is 28.5 Å². The van der Waals surface area contributed by atoms with E-state index in [1.807, 2.05) is 0 Å².